The maximum absolute atomic E-state index is 13.2. The molecule has 0 saturated carbocycles. The van der Waals surface area contributed by atoms with E-state index in [0.29, 0.717) is 25.9 Å². The maximum Gasteiger partial charge on any atom is 0.242 e. The molecule has 4 atom stereocenters. The molecule has 4 aromatic carbocycles. The minimum absolute atomic E-state index is 0.142. The monoisotopic (exact) mass is 820 g/mol. The lowest BCUT2D eigenvalue weighted by atomic mass is 10.0. The molecule has 0 aliphatic carbocycles. The molecule has 322 valence electrons. The van der Waals surface area contributed by atoms with Gasteiger partial charge in [-0.2, -0.15) is 0 Å². The van der Waals surface area contributed by atoms with Crippen LogP contribution in [0.4, 0.5) is 0 Å². The van der Waals surface area contributed by atoms with Crippen LogP contribution in [0.3, 0.4) is 0 Å². The third-order valence-electron chi connectivity index (χ3n) is 10.5. The summed E-state index contributed by atoms with van der Waals surface area (Å²) in [4.78, 5) is 52.4. The fraction of sp³-hybridized carbons (Fsp3) is 0.417. The lowest BCUT2D eigenvalue weighted by molar-refractivity contribution is -0.129. The van der Waals surface area contributed by atoms with Gasteiger partial charge in [0, 0.05) is 25.9 Å². The van der Waals surface area contributed by atoms with Crippen LogP contribution in [-0.2, 0) is 44.9 Å². The van der Waals surface area contributed by atoms with Crippen molar-refractivity contribution < 1.29 is 29.4 Å². The lowest BCUT2D eigenvalue weighted by Crippen LogP contribution is -2.53. The van der Waals surface area contributed by atoms with Crippen molar-refractivity contribution in [3.63, 3.8) is 0 Å². The third kappa shape index (κ3) is 18.0. The van der Waals surface area contributed by atoms with E-state index in [1.54, 1.807) is 48.5 Å². The molecule has 0 radical (unpaired) electrons. The molecule has 12 nitrogen and oxygen atoms in total. The van der Waals surface area contributed by atoms with Gasteiger partial charge < -0.3 is 42.9 Å². The topological polar surface area (TPSA) is 209 Å². The van der Waals surface area contributed by atoms with E-state index in [2.05, 4.69) is 21.3 Å². The fourth-order valence-electron chi connectivity index (χ4n) is 6.97. The van der Waals surface area contributed by atoms with Gasteiger partial charge >= 0.3 is 0 Å². The van der Waals surface area contributed by atoms with Crippen LogP contribution < -0.4 is 32.7 Å². The first-order valence-corrected chi connectivity index (χ1v) is 21.4. The Balaban J connectivity index is 1.06. The van der Waals surface area contributed by atoms with Crippen LogP contribution in [0.1, 0.15) is 86.5 Å². The van der Waals surface area contributed by atoms with Crippen molar-refractivity contribution in [3.8, 4) is 11.5 Å². The molecule has 0 heterocycles. The average molecular weight is 821 g/mol. The molecule has 0 saturated heterocycles. The Hall–Kier alpha value is -5.72. The van der Waals surface area contributed by atoms with E-state index >= 15 is 0 Å². The van der Waals surface area contributed by atoms with Crippen molar-refractivity contribution in [2.45, 2.75) is 114 Å². The SMILES string of the molecule is N[C@H](Cc1ccc(O)cc1)C(=O)N[C@H](Cc1ccccc1)C(=O)NCCCCCCCCCCCCNC(=O)[C@H](Cc1ccccc1)NC(=O)[C@@H](N)Cc1ccc(O)cc1. The Kier molecular flexibility index (Phi) is 20.7. The maximum atomic E-state index is 13.2. The number of nitrogens with one attached hydrogen (secondary N) is 4. The van der Waals surface area contributed by atoms with Gasteiger partial charge in [0.05, 0.1) is 12.1 Å². The van der Waals surface area contributed by atoms with E-state index in [1.807, 2.05) is 60.7 Å². The highest BCUT2D eigenvalue weighted by atomic mass is 16.3. The second-order valence-electron chi connectivity index (χ2n) is 15.6. The molecular formula is C48H64N6O6. The Bertz CT molecular complexity index is 1720. The average Bonchev–Trinajstić information content (AvgIpc) is 3.25. The van der Waals surface area contributed by atoms with Crippen LogP contribution in [0.2, 0.25) is 0 Å². The van der Waals surface area contributed by atoms with E-state index < -0.39 is 36.0 Å². The number of hydrogen-bond acceptors (Lipinski definition) is 8. The second kappa shape index (κ2) is 26.4. The molecule has 60 heavy (non-hydrogen) atoms. The number of hydrogen-bond donors (Lipinski definition) is 8. The molecule has 4 aromatic rings. The van der Waals surface area contributed by atoms with Gasteiger partial charge in [0.1, 0.15) is 23.6 Å². The highest BCUT2D eigenvalue weighted by Gasteiger charge is 2.25. The van der Waals surface area contributed by atoms with Crippen LogP contribution in [0.25, 0.3) is 0 Å². The van der Waals surface area contributed by atoms with Crippen molar-refractivity contribution in [2.75, 3.05) is 13.1 Å². The summed E-state index contributed by atoms with van der Waals surface area (Å²) in [6.45, 7) is 1.06. The van der Waals surface area contributed by atoms with Crippen LogP contribution >= 0.6 is 0 Å². The summed E-state index contributed by atoms with van der Waals surface area (Å²) in [7, 11) is 0. The Labute approximate surface area is 354 Å². The summed E-state index contributed by atoms with van der Waals surface area (Å²) in [5.41, 5.74) is 15.9. The summed E-state index contributed by atoms with van der Waals surface area (Å²) >= 11 is 0. The molecule has 0 aromatic heterocycles. The number of nitrogens with two attached hydrogens (primary N) is 2. The first kappa shape index (κ1) is 47.0. The van der Waals surface area contributed by atoms with E-state index in [0.717, 1.165) is 86.5 Å². The molecule has 12 heteroatoms. The number of rotatable bonds is 27. The number of carbonyl (C=O) groups excluding carboxylic acids is 4. The lowest BCUT2D eigenvalue weighted by Gasteiger charge is -2.21. The minimum atomic E-state index is -0.838. The molecule has 10 N–H and O–H groups in total. The highest BCUT2D eigenvalue weighted by molar-refractivity contribution is 5.90. The van der Waals surface area contributed by atoms with Gasteiger partial charge in [-0.3, -0.25) is 19.2 Å². The van der Waals surface area contributed by atoms with Crippen LogP contribution in [0.5, 0.6) is 11.5 Å². The first-order chi connectivity index (χ1) is 29.1. The van der Waals surface area contributed by atoms with Crippen molar-refractivity contribution in [1.82, 2.24) is 21.3 Å². The number of unbranched alkanes of at least 4 members (excludes halogenated alkanes) is 9. The van der Waals surface area contributed by atoms with Gasteiger partial charge in [-0.25, -0.2) is 0 Å². The minimum Gasteiger partial charge on any atom is -0.508 e. The molecule has 4 rings (SSSR count). The molecular weight excluding hydrogens is 757 g/mol. The Morgan fingerprint density at radius 3 is 1.03 bits per heavy atom. The van der Waals surface area contributed by atoms with Gasteiger partial charge in [0.2, 0.25) is 23.6 Å². The number of carbonyl (C=O) groups is 4. The van der Waals surface area contributed by atoms with Crippen molar-refractivity contribution >= 4 is 23.6 Å². The summed E-state index contributed by atoms with van der Waals surface area (Å²) in [6, 6.07) is 29.1. The zero-order valence-corrected chi connectivity index (χ0v) is 34.7. The summed E-state index contributed by atoms with van der Waals surface area (Å²) < 4.78 is 0. The van der Waals surface area contributed by atoms with Crippen LogP contribution in [0.15, 0.2) is 109 Å². The first-order valence-electron chi connectivity index (χ1n) is 21.4. The standard InChI is InChI=1S/C48H64N6O6/c49-41(31-37-21-25-39(55)26-22-37)45(57)53-43(33-35-17-11-9-12-18-35)47(59)51-29-15-7-5-3-1-2-4-6-8-16-30-52-48(60)44(34-36-19-13-10-14-20-36)54-46(58)42(50)32-38-23-27-40(56)28-24-38/h9-14,17-28,41-44,55-56H,1-8,15-16,29-34,49-50H2,(H,51,59)(H,52,60)(H,53,57)(H,54,58)/t41-,42+,43-,44+. The molecule has 0 bridgehead atoms. The van der Waals surface area contributed by atoms with Crippen LogP contribution in [-0.4, -0.2) is 71.1 Å². The molecule has 0 fully saturated rings. The molecule has 0 unspecified atom stereocenters. The van der Waals surface area contributed by atoms with Gasteiger partial charge in [-0.1, -0.05) is 136 Å². The smallest absolute Gasteiger partial charge is 0.242 e. The van der Waals surface area contributed by atoms with Gasteiger partial charge in [-0.05, 0) is 72.2 Å². The molecule has 0 spiro atoms. The van der Waals surface area contributed by atoms with E-state index in [4.69, 9.17) is 11.5 Å². The summed E-state index contributed by atoms with van der Waals surface area (Å²) in [5.74, 6) is -0.981. The van der Waals surface area contributed by atoms with E-state index in [1.165, 1.54) is 0 Å². The number of amides is 4. The predicted octanol–water partition coefficient (Wildman–Crippen LogP) is 5.13. The van der Waals surface area contributed by atoms with Gasteiger partial charge in [0.15, 0.2) is 0 Å². The van der Waals surface area contributed by atoms with Crippen molar-refractivity contribution in [2.24, 2.45) is 11.5 Å². The summed E-state index contributed by atoms with van der Waals surface area (Å²) in [6.07, 6.45) is 11.7. The van der Waals surface area contributed by atoms with Gasteiger partial charge in [0.25, 0.3) is 0 Å². The van der Waals surface area contributed by atoms with Crippen molar-refractivity contribution in [1.29, 1.82) is 0 Å². The number of aromatic hydroxyl groups is 2. The van der Waals surface area contributed by atoms with E-state index in [9.17, 15) is 29.4 Å². The number of phenols is 2. The highest BCUT2D eigenvalue weighted by Crippen LogP contribution is 2.14. The summed E-state index contributed by atoms with van der Waals surface area (Å²) in [5, 5.41) is 30.8. The molecule has 0 aliphatic rings. The Morgan fingerprint density at radius 1 is 0.400 bits per heavy atom. The zero-order valence-electron chi connectivity index (χ0n) is 34.7. The number of benzene rings is 4. The van der Waals surface area contributed by atoms with Crippen molar-refractivity contribution in [3.05, 3.63) is 131 Å². The second-order valence-corrected chi connectivity index (χ2v) is 15.6. The zero-order chi connectivity index (χ0) is 43.0. The largest absolute Gasteiger partial charge is 0.508 e. The predicted molar refractivity (Wildman–Crippen MR) is 236 cm³/mol. The molecule has 0 aliphatic heterocycles. The third-order valence-corrected chi connectivity index (χ3v) is 10.5. The fourth-order valence-corrected chi connectivity index (χ4v) is 6.97. The quantitative estimate of drug-likeness (QED) is 0.0378. The Morgan fingerprint density at radius 2 is 0.700 bits per heavy atom. The normalized spacial score (nSPS) is 13.0. The van der Waals surface area contributed by atoms with Crippen LogP contribution in [0, 0.1) is 0 Å². The number of phenolic OH excluding ortho intramolecular Hbond substituents is 2. The van der Waals surface area contributed by atoms with E-state index in [-0.39, 0.29) is 36.2 Å². The van der Waals surface area contributed by atoms with Gasteiger partial charge in [-0.15, -0.1) is 0 Å². The molecule has 4 amide bonds.